The highest BCUT2D eigenvalue weighted by Crippen LogP contribution is 2.66. The summed E-state index contributed by atoms with van der Waals surface area (Å²) in [4.78, 5) is 13.0. The maximum Gasteiger partial charge on any atom is 0.397 e. The summed E-state index contributed by atoms with van der Waals surface area (Å²) in [5.74, 6) is -0.520. The third-order valence-electron chi connectivity index (χ3n) is 19.2. The fourth-order valence-corrected chi connectivity index (χ4v) is 15.2. The van der Waals surface area contributed by atoms with E-state index in [9.17, 15) is 79.0 Å². The average Bonchev–Trinajstić information content (AvgIpc) is 4.04. The average molecular weight is 1160 g/mol. The van der Waals surface area contributed by atoms with E-state index in [1.54, 1.807) is 6.92 Å². The highest BCUT2D eigenvalue weighted by molar-refractivity contribution is 7.80. The van der Waals surface area contributed by atoms with Crippen molar-refractivity contribution in [2.24, 2.45) is 34.5 Å². The highest BCUT2D eigenvalue weighted by Gasteiger charge is 2.63. The molecule has 454 valence electrons. The molecule has 0 aromatic heterocycles. The molecule has 8 fully saturated rings. The summed E-state index contributed by atoms with van der Waals surface area (Å²) >= 11 is 0. The van der Waals surface area contributed by atoms with E-state index < -0.39 is 194 Å². The molecule has 79 heavy (non-hydrogen) atoms. The van der Waals surface area contributed by atoms with Gasteiger partial charge in [-0.15, -0.1) is 0 Å². The summed E-state index contributed by atoms with van der Waals surface area (Å²) in [6, 6.07) is 0. The molecule has 0 aromatic carbocycles. The summed E-state index contributed by atoms with van der Waals surface area (Å²) in [5.41, 5.74) is 0.238. The standard InChI is InChI=1S/C51H82O27S/c1-17(53)24-8-9-25-23-15-28(27-14-22(78-79(65,66)67)10-12-51(27,7)26(23)11-13-50(24,25)6)72-47-40(64)42(32(56)20(4)70-47)75-48-44(77-46-38(62)35(59)31(55)19(3)69-46)39(63)41(21(5)71-48)74-49-43(36(60)33(57)29(16-52)73-49)76-45-37(61)34(58)30(54)18(2)68-45/h11,18-25,27-49,52,54-64H,8-10,12-16H2,1-7H3,(H,65,66,67)/t18?,19?,20?,21?,22?,23?,24?,25?,27-,28+,29?,30?,31?,32?,33?,34?,35?,36?,37?,38?,39?,40?,41?,42?,43?,44?,45?,46?,47?,48?,49?,50-,51-/m1/s1. The first kappa shape index (κ1) is 61.9. The maximum atomic E-state index is 13.0. The number of Topliss-reactive ketones (excluding diaryl/α,β-unsaturated/α-hetero) is 1. The smallest absolute Gasteiger partial charge is 0.394 e. The third-order valence-corrected chi connectivity index (χ3v) is 19.7. The number of hydrogen-bond acceptors (Lipinski definition) is 26. The Morgan fingerprint density at radius 1 is 0.570 bits per heavy atom. The maximum absolute atomic E-state index is 13.0. The molecule has 3 saturated carbocycles. The van der Waals surface area contributed by atoms with Crippen LogP contribution < -0.4 is 0 Å². The van der Waals surface area contributed by atoms with Crippen LogP contribution in [0.1, 0.15) is 93.4 Å². The minimum atomic E-state index is -4.85. The third kappa shape index (κ3) is 11.7. The monoisotopic (exact) mass is 1160 g/mol. The molecular weight excluding hydrogens is 1080 g/mol. The second-order valence-electron chi connectivity index (χ2n) is 24.0. The summed E-state index contributed by atoms with van der Waals surface area (Å²) < 4.78 is 100. The molecule has 13 N–H and O–H groups in total. The van der Waals surface area contributed by atoms with Gasteiger partial charge in [-0.2, -0.15) is 8.42 Å². The van der Waals surface area contributed by atoms with Crippen molar-refractivity contribution in [1.29, 1.82) is 0 Å². The van der Waals surface area contributed by atoms with E-state index in [-0.39, 0.29) is 41.8 Å². The van der Waals surface area contributed by atoms with E-state index in [4.69, 9.17) is 51.6 Å². The van der Waals surface area contributed by atoms with Crippen LogP contribution in [-0.2, 0) is 66.7 Å². The van der Waals surface area contributed by atoms with Crippen LogP contribution >= 0.6 is 0 Å². The first-order valence-electron chi connectivity index (χ1n) is 27.5. The van der Waals surface area contributed by atoms with Gasteiger partial charge in [0.05, 0.1) is 43.2 Å². The van der Waals surface area contributed by atoms with Gasteiger partial charge in [0.1, 0.15) is 103 Å². The van der Waals surface area contributed by atoms with Gasteiger partial charge in [-0.05, 0) is 108 Å². The van der Waals surface area contributed by atoms with Gasteiger partial charge in [0.2, 0.25) is 0 Å². The van der Waals surface area contributed by atoms with Crippen LogP contribution in [-0.4, -0.2) is 252 Å². The van der Waals surface area contributed by atoms with Gasteiger partial charge >= 0.3 is 10.4 Å². The fraction of sp³-hybridized carbons (Fsp3) is 0.941. The Labute approximate surface area is 457 Å². The Kier molecular flexibility index (Phi) is 18.6. The molecule has 0 amide bonds. The van der Waals surface area contributed by atoms with E-state index in [1.807, 2.05) is 0 Å². The minimum absolute atomic E-state index is 0.0780. The number of aliphatic hydroxyl groups is 12. The van der Waals surface area contributed by atoms with Gasteiger partial charge in [-0.1, -0.05) is 25.5 Å². The lowest BCUT2D eigenvalue weighted by Gasteiger charge is -2.59. The zero-order valence-corrected chi connectivity index (χ0v) is 45.9. The second-order valence-corrected chi connectivity index (χ2v) is 25.1. The number of hydrogen-bond donors (Lipinski definition) is 13. The van der Waals surface area contributed by atoms with Crippen molar-refractivity contribution in [3.8, 4) is 0 Å². The Morgan fingerprint density at radius 3 is 1.66 bits per heavy atom. The zero-order chi connectivity index (χ0) is 57.7. The second kappa shape index (κ2) is 23.7. The van der Waals surface area contributed by atoms with Crippen molar-refractivity contribution in [2.75, 3.05) is 6.61 Å². The van der Waals surface area contributed by atoms with Crippen molar-refractivity contribution in [3.05, 3.63) is 11.6 Å². The lowest BCUT2D eigenvalue weighted by atomic mass is 9.48. The predicted octanol–water partition coefficient (Wildman–Crippen LogP) is -3.46. The SMILES string of the molecule is CC(=O)C1CCC2C3C[C@H](OC4OC(C)C(O)C(OC5OC(C)C(OC6OC(CO)C(O)C(O)C6OC6OC(C)C(O)C(O)C6O)C(O)C5OC5OC(C)C(O)C(O)C5O)C4O)[C@H]4CC(OS(=O)(=O)O)CC[C@]4(C)C3=CC[C@]12C. The molecular formula is C51H82O27S. The van der Waals surface area contributed by atoms with E-state index in [2.05, 4.69) is 19.9 Å². The molecule has 5 aliphatic heterocycles. The van der Waals surface area contributed by atoms with Gasteiger partial charge in [-0.3, -0.25) is 9.35 Å². The molecule has 9 rings (SSSR count). The number of ketones is 1. The van der Waals surface area contributed by atoms with Crippen LogP contribution in [0.15, 0.2) is 11.6 Å². The van der Waals surface area contributed by atoms with E-state index in [0.717, 1.165) is 6.42 Å². The van der Waals surface area contributed by atoms with Gasteiger partial charge in [0.25, 0.3) is 0 Å². The first-order valence-corrected chi connectivity index (χ1v) is 28.9. The number of fused-ring (bicyclic) bond motifs is 5. The van der Waals surface area contributed by atoms with Crippen LogP contribution in [0.25, 0.3) is 0 Å². The van der Waals surface area contributed by atoms with Crippen molar-refractivity contribution >= 4 is 16.2 Å². The number of aliphatic hydroxyl groups excluding tert-OH is 12. The molecule has 33 atom stereocenters. The Hall–Kier alpha value is -1.60. The molecule has 9 aliphatic rings. The Bertz CT molecular complexity index is 2270. The fourth-order valence-electron chi connectivity index (χ4n) is 14.6. The quantitative estimate of drug-likeness (QED) is 0.0594. The molecule has 5 saturated heterocycles. The van der Waals surface area contributed by atoms with Gasteiger partial charge in [0, 0.05) is 5.92 Å². The van der Waals surface area contributed by atoms with Crippen molar-refractivity contribution in [1.82, 2.24) is 0 Å². The topological polar surface area (TPSA) is 416 Å². The number of carbonyl (C=O) groups is 1. The Balaban J connectivity index is 0.995. The molecule has 0 aromatic rings. The number of rotatable bonds is 14. The van der Waals surface area contributed by atoms with Crippen LogP contribution in [0.2, 0.25) is 0 Å². The molecule has 27 nitrogen and oxygen atoms in total. The molecule has 0 radical (unpaired) electrons. The number of ether oxygens (including phenoxy) is 10. The summed E-state index contributed by atoms with van der Waals surface area (Å²) in [6.45, 7) is 10.6. The predicted molar refractivity (Wildman–Crippen MR) is 261 cm³/mol. The number of allylic oxidation sites excluding steroid dienone is 2. The van der Waals surface area contributed by atoms with Crippen LogP contribution in [0.4, 0.5) is 0 Å². The van der Waals surface area contributed by atoms with E-state index in [1.165, 1.54) is 33.3 Å². The molecule has 0 bridgehead atoms. The van der Waals surface area contributed by atoms with Crippen molar-refractivity contribution in [2.45, 2.75) is 259 Å². The van der Waals surface area contributed by atoms with E-state index in [0.29, 0.717) is 25.7 Å². The van der Waals surface area contributed by atoms with Gasteiger partial charge in [0.15, 0.2) is 31.5 Å². The highest BCUT2D eigenvalue weighted by atomic mass is 32.3. The summed E-state index contributed by atoms with van der Waals surface area (Å²) in [7, 11) is -4.85. The van der Waals surface area contributed by atoms with Gasteiger partial charge < -0.3 is 109 Å². The first-order chi connectivity index (χ1) is 37.0. The minimum Gasteiger partial charge on any atom is -0.394 e. The molecule has 0 spiro atoms. The lowest BCUT2D eigenvalue weighted by molar-refractivity contribution is -0.407. The Morgan fingerprint density at radius 2 is 1.09 bits per heavy atom. The van der Waals surface area contributed by atoms with Gasteiger partial charge in [-0.25, -0.2) is 4.18 Å². The van der Waals surface area contributed by atoms with Crippen LogP contribution in [0.3, 0.4) is 0 Å². The largest absolute Gasteiger partial charge is 0.397 e. The number of carbonyl (C=O) groups excluding carboxylic acids is 1. The van der Waals surface area contributed by atoms with Crippen molar-refractivity contribution < 1.29 is 131 Å². The van der Waals surface area contributed by atoms with E-state index >= 15 is 0 Å². The molecule has 5 heterocycles. The van der Waals surface area contributed by atoms with Crippen LogP contribution in [0.5, 0.6) is 0 Å². The normalized spacial score (nSPS) is 54.3. The molecule has 29 unspecified atom stereocenters. The summed E-state index contributed by atoms with van der Waals surface area (Å²) in [5, 5.41) is 133. The molecule has 4 aliphatic carbocycles. The summed E-state index contributed by atoms with van der Waals surface area (Å²) in [6.07, 6.45) is -38.3. The molecule has 28 heteroatoms. The lowest BCUT2D eigenvalue weighted by Crippen LogP contribution is -2.68. The van der Waals surface area contributed by atoms with Crippen LogP contribution in [0, 0.1) is 34.5 Å². The zero-order valence-electron chi connectivity index (χ0n) is 45.1. The van der Waals surface area contributed by atoms with Crippen molar-refractivity contribution in [3.63, 3.8) is 0 Å².